The van der Waals surface area contributed by atoms with Crippen LogP contribution in [0.3, 0.4) is 0 Å². The Morgan fingerprint density at radius 2 is 1.57 bits per heavy atom. The van der Waals surface area contributed by atoms with Crippen molar-refractivity contribution in [1.82, 2.24) is 15.6 Å². The average molecular weight is 513 g/mol. The number of aryl methyl sites for hydroxylation is 1. The van der Waals surface area contributed by atoms with Crippen molar-refractivity contribution >= 4 is 53.2 Å². The van der Waals surface area contributed by atoms with Crippen molar-refractivity contribution in [2.45, 2.75) is 38.6 Å². The molecule has 1 heterocycles. The molecule has 0 fully saturated rings. The number of carboxylic acid groups (broad SMARTS) is 1. The number of carboxylic acids is 1. The Bertz CT molecular complexity index is 1140. The molecule has 2 amide bonds. The minimum atomic E-state index is -1.02. The zero-order valence-corrected chi connectivity index (χ0v) is 20.4. The number of carbonyl (C=O) groups is 3. The van der Waals surface area contributed by atoms with Crippen LogP contribution in [0, 0.1) is 6.92 Å². The maximum absolute atomic E-state index is 12.4. The summed E-state index contributed by atoms with van der Waals surface area (Å²) in [4.78, 5) is 40.1. The molecule has 0 saturated heterocycles. The van der Waals surface area contributed by atoms with Gasteiger partial charge in [0.1, 0.15) is 5.82 Å². The summed E-state index contributed by atoms with van der Waals surface area (Å²) >= 11 is 0. The molecule has 4 N–H and O–H groups in total. The van der Waals surface area contributed by atoms with Crippen molar-refractivity contribution in [1.29, 1.82) is 0 Å². The molecule has 1 atom stereocenters. The number of anilines is 1. The fourth-order valence-corrected chi connectivity index (χ4v) is 3.69. The number of unbranched alkanes of at least 4 members (excludes halogenated alkanes) is 1. The first-order chi connectivity index (χ1) is 17.4. The standard InChI is InChI=1S/C28H32N4O4.Na.H/c1-20-8-10-21(11-9-20)22-12-14-23(15-13-22)24(18-28(35)36)32-27(34)19-31-26(33)7-3-5-17-30-25-6-2-4-16-29-25;;/h2,4,6,8-16,24H,3,5,7,17-19H2,1H3,(H,29,30)(H,31,33)(H,32,34)(H,35,36);;. The van der Waals surface area contributed by atoms with E-state index in [1.807, 2.05) is 73.7 Å². The van der Waals surface area contributed by atoms with E-state index in [4.69, 9.17) is 0 Å². The number of nitrogens with one attached hydrogen (secondary N) is 3. The summed E-state index contributed by atoms with van der Waals surface area (Å²) in [5.74, 6) is -0.889. The van der Waals surface area contributed by atoms with Gasteiger partial charge in [0.25, 0.3) is 0 Å². The van der Waals surface area contributed by atoms with Crippen LogP contribution in [0.5, 0.6) is 0 Å². The summed E-state index contributed by atoms with van der Waals surface area (Å²) in [5.41, 5.74) is 3.92. The van der Waals surface area contributed by atoms with Crippen LogP contribution in [-0.2, 0) is 14.4 Å². The summed E-state index contributed by atoms with van der Waals surface area (Å²) < 4.78 is 0. The van der Waals surface area contributed by atoms with Gasteiger partial charge in [-0.25, -0.2) is 4.98 Å². The number of nitrogens with zero attached hydrogens (tertiary/aromatic N) is 1. The van der Waals surface area contributed by atoms with Crippen molar-refractivity contribution in [2.24, 2.45) is 0 Å². The molecule has 0 bridgehead atoms. The molecular weight excluding hydrogens is 479 g/mol. The molecule has 2 aromatic carbocycles. The number of hydrogen-bond donors (Lipinski definition) is 4. The van der Waals surface area contributed by atoms with E-state index in [0.29, 0.717) is 24.9 Å². The fraction of sp³-hybridized carbons (Fsp3) is 0.286. The molecule has 1 unspecified atom stereocenters. The van der Waals surface area contributed by atoms with Crippen LogP contribution in [0.2, 0.25) is 0 Å². The van der Waals surface area contributed by atoms with E-state index in [0.717, 1.165) is 23.4 Å². The third kappa shape index (κ3) is 10.8. The second kappa shape index (κ2) is 15.8. The molecule has 1 aromatic heterocycles. The zero-order chi connectivity index (χ0) is 25.8. The number of benzene rings is 2. The Balaban J connectivity index is 0.00000481. The first-order valence-corrected chi connectivity index (χ1v) is 12.0. The Morgan fingerprint density at radius 3 is 2.19 bits per heavy atom. The van der Waals surface area contributed by atoms with E-state index in [1.54, 1.807) is 6.20 Å². The number of carbonyl (C=O) groups excluding carboxylic acids is 2. The van der Waals surface area contributed by atoms with Gasteiger partial charge < -0.3 is 21.1 Å². The first kappa shape index (κ1) is 30.0. The number of amides is 2. The van der Waals surface area contributed by atoms with Crippen LogP contribution in [0.1, 0.15) is 42.9 Å². The van der Waals surface area contributed by atoms with E-state index < -0.39 is 17.9 Å². The van der Waals surface area contributed by atoms with Crippen molar-refractivity contribution < 1.29 is 19.5 Å². The third-order valence-electron chi connectivity index (χ3n) is 5.66. The number of rotatable bonds is 13. The van der Waals surface area contributed by atoms with E-state index >= 15 is 0 Å². The second-order valence-corrected chi connectivity index (χ2v) is 8.58. The third-order valence-corrected chi connectivity index (χ3v) is 5.66. The van der Waals surface area contributed by atoms with E-state index in [9.17, 15) is 19.5 Å². The zero-order valence-electron chi connectivity index (χ0n) is 20.4. The molecule has 0 aliphatic carbocycles. The van der Waals surface area contributed by atoms with Crippen LogP contribution in [-0.4, -0.2) is 70.5 Å². The van der Waals surface area contributed by atoms with Gasteiger partial charge in [-0.05, 0) is 48.6 Å². The van der Waals surface area contributed by atoms with Crippen LogP contribution in [0.15, 0.2) is 72.9 Å². The number of aromatic nitrogens is 1. The van der Waals surface area contributed by atoms with Crippen LogP contribution >= 0.6 is 0 Å². The normalized spacial score (nSPS) is 11.1. The molecule has 0 spiro atoms. The first-order valence-electron chi connectivity index (χ1n) is 12.0. The Morgan fingerprint density at radius 1 is 0.892 bits per heavy atom. The molecule has 0 saturated carbocycles. The topological polar surface area (TPSA) is 120 Å². The molecule has 37 heavy (non-hydrogen) atoms. The second-order valence-electron chi connectivity index (χ2n) is 8.58. The predicted molar refractivity (Wildman–Crippen MR) is 146 cm³/mol. The summed E-state index contributed by atoms with van der Waals surface area (Å²) in [7, 11) is 0. The summed E-state index contributed by atoms with van der Waals surface area (Å²) in [6.07, 6.45) is 3.21. The maximum atomic E-state index is 12.4. The van der Waals surface area contributed by atoms with Crippen molar-refractivity contribution in [3.05, 3.63) is 84.1 Å². The SMILES string of the molecule is Cc1ccc(-c2ccc(C(CC(=O)O)NC(=O)CNC(=O)CCCCNc3ccccn3)cc2)cc1.[NaH]. The van der Waals surface area contributed by atoms with Gasteiger partial charge in [-0.1, -0.05) is 60.2 Å². The van der Waals surface area contributed by atoms with Gasteiger partial charge in [-0.15, -0.1) is 0 Å². The molecule has 0 radical (unpaired) electrons. The van der Waals surface area contributed by atoms with Gasteiger partial charge in [0.15, 0.2) is 0 Å². The molecule has 3 aromatic rings. The summed E-state index contributed by atoms with van der Waals surface area (Å²) in [6, 6.07) is 20.5. The fourth-order valence-electron chi connectivity index (χ4n) is 3.69. The Labute approximate surface area is 239 Å². The van der Waals surface area contributed by atoms with E-state index in [1.165, 1.54) is 5.56 Å². The van der Waals surface area contributed by atoms with Crippen LogP contribution < -0.4 is 16.0 Å². The summed E-state index contributed by atoms with van der Waals surface area (Å²) in [6.45, 7) is 2.52. The van der Waals surface area contributed by atoms with Crippen molar-refractivity contribution in [3.8, 4) is 11.1 Å². The van der Waals surface area contributed by atoms with E-state index in [-0.39, 0.29) is 48.4 Å². The molecule has 8 nitrogen and oxygen atoms in total. The monoisotopic (exact) mass is 512 g/mol. The molecule has 0 aliphatic rings. The Kier molecular flexibility index (Phi) is 12.8. The quantitative estimate of drug-likeness (QED) is 0.206. The predicted octanol–water partition coefficient (Wildman–Crippen LogP) is 3.44. The molecule has 3 rings (SSSR count). The van der Waals surface area contributed by atoms with Crippen LogP contribution in [0.25, 0.3) is 11.1 Å². The molecule has 0 aliphatic heterocycles. The van der Waals surface area contributed by atoms with Gasteiger partial charge in [-0.3, -0.25) is 14.4 Å². The number of pyridine rings is 1. The molecule has 9 heteroatoms. The van der Waals surface area contributed by atoms with Gasteiger partial charge in [-0.2, -0.15) is 0 Å². The van der Waals surface area contributed by atoms with Gasteiger partial charge in [0.05, 0.1) is 19.0 Å². The molecular formula is C28H33N4NaO4. The van der Waals surface area contributed by atoms with Gasteiger partial charge in [0, 0.05) is 19.2 Å². The van der Waals surface area contributed by atoms with Gasteiger partial charge in [0.2, 0.25) is 11.8 Å². The summed E-state index contributed by atoms with van der Waals surface area (Å²) in [5, 5.41) is 17.8. The number of aliphatic carboxylic acids is 1. The van der Waals surface area contributed by atoms with Crippen molar-refractivity contribution in [3.63, 3.8) is 0 Å². The van der Waals surface area contributed by atoms with Gasteiger partial charge >= 0.3 is 35.5 Å². The minimum absolute atomic E-state index is 0. The average Bonchev–Trinajstić information content (AvgIpc) is 2.88. The van der Waals surface area contributed by atoms with Crippen molar-refractivity contribution in [2.75, 3.05) is 18.4 Å². The Hall–Kier alpha value is -3.20. The number of hydrogen-bond acceptors (Lipinski definition) is 5. The van der Waals surface area contributed by atoms with Crippen LogP contribution in [0.4, 0.5) is 5.82 Å². The van der Waals surface area contributed by atoms with E-state index in [2.05, 4.69) is 20.9 Å². The molecule has 190 valence electrons.